The van der Waals surface area contributed by atoms with Crippen LogP contribution in [0.25, 0.3) is 66.0 Å². The molecule has 9 aromatic carbocycles. The van der Waals surface area contributed by atoms with E-state index >= 15 is 0 Å². The first-order valence-corrected chi connectivity index (χ1v) is 21.1. The molecular formula is C58H48N4. The largest absolute Gasteiger partial charge is 0.404 e. The summed E-state index contributed by atoms with van der Waals surface area (Å²) in [6.45, 7) is 3.96. The summed E-state index contributed by atoms with van der Waals surface area (Å²) in [5.74, 6) is 0. The third kappa shape index (κ3) is 7.90. The van der Waals surface area contributed by atoms with Gasteiger partial charge in [0.1, 0.15) is 0 Å². The lowest BCUT2D eigenvalue weighted by Crippen LogP contribution is -2.10. The van der Waals surface area contributed by atoms with Crippen LogP contribution in [0.1, 0.15) is 29.3 Å². The molecule has 0 spiro atoms. The van der Waals surface area contributed by atoms with E-state index in [2.05, 4.69) is 198 Å². The Kier molecular flexibility index (Phi) is 11.3. The number of pyridine rings is 1. The molecule has 1 heterocycles. The number of nitrogens with two attached hydrogens (primary N) is 2. The summed E-state index contributed by atoms with van der Waals surface area (Å²) in [6.07, 6.45) is 10.7. The molecule has 1 aromatic heterocycles. The monoisotopic (exact) mass is 800 g/mol. The first-order valence-electron chi connectivity index (χ1n) is 21.1. The smallest absolute Gasteiger partial charge is 0.0940 e. The Morgan fingerprint density at radius 1 is 0.613 bits per heavy atom. The summed E-state index contributed by atoms with van der Waals surface area (Å²) in [6, 6.07) is 66.7. The van der Waals surface area contributed by atoms with Crippen LogP contribution < -0.4 is 16.4 Å². The van der Waals surface area contributed by atoms with Crippen molar-refractivity contribution in [3.8, 4) is 11.1 Å². The Morgan fingerprint density at radius 2 is 1.23 bits per heavy atom. The highest BCUT2D eigenvalue weighted by Gasteiger charge is 2.19. The van der Waals surface area contributed by atoms with E-state index in [4.69, 9.17) is 11.5 Å². The van der Waals surface area contributed by atoms with E-state index in [0.29, 0.717) is 0 Å². The lowest BCUT2D eigenvalue weighted by atomic mass is 9.89. The molecule has 0 radical (unpaired) electrons. The van der Waals surface area contributed by atoms with E-state index in [0.717, 1.165) is 56.8 Å². The zero-order valence-electron chi connectivity index (χ0n) is 35.0. The second kappa shape index (κ2) is 17.7. The summed E-state index contributed by atoms with van der Waals surface area (Å²) in [7, 11) is 0. The number of fused-ring (bicyclic) bond motifs is 1. The van der Waals surface area contributed by atoms with Gasteiger partial charge >= 0.3 is 0 Å². The van der Waals surface area contributed by atoms with E-state index in [-0.39, 0.29) is 0 Å². The van der Waals surface area contributed by atoms with Gasteiger partial charge in [0.05, 0.1) is 16.9 Å². The van der Waals surface area contributed by atoms with Gasteiger partial charge in [-0.15, -0.1) is 0 Å². The predicted octanol–water partition coefficient (Wildman–Crippen LogP) is 15.0. The van der Waals surface area contributed by atoms with Crippen LogP contribution >= 0.6 is 0 Å². The van der Waals surface area contributed by atoms with Crippen LogP contribution in [0.5, 0.6) is 0 Å². The molecular weight excluding hydrogens is 753 g/mol. The normalized spacial score (nSPS) is 11.9. The van der Waals surface area contributed by atoms with Gasteiger partial charge in [-0.05, 0) is 117 Å². The van der Waals surface area contributed by atoms with Crippen molar-refractivity contribution in [1.29, 1.82) is 0 Å². The van der Waals surface area contributed by atoms with Gasteiger partial charge in [-0.25, -0.2) is 0 Å². The number of para-hydroxylation sites is 2. The van der Waals surface area contributed by atoms with E-state index in [1.165, 1.54) is 54.7 Å². The molecule has 10 rings (SSSR count). The Hall–Kier alpha value is -7.95. The third-order valence-electron chi connectivity index (χ3n) is 11.5. The molecule has 0 amide bonds. The van der Waals surface area contributed by atoms with Crippen LogP contribution in [0.2, 0.25) is 0 Å². The minimum atomic E-state index is 0.725. The van der Waals surface area contributed by atoms with Gasteiger partial charge in [0.25, 0.3) is 0 Å². The summed E-state index contributed by atoms with van der Waals surface area (Å²) in [5, 5.41) is 8.84. The highest BCUT2D eigenvalue weighted by Crippen LogP contribution is 2.45. The molecule has 10 aromatic rings. The molecule has 0 atom stereocenters. The van der Waals surface area contributed by atoms with E-state index in [1.807, 2.05) is 38.1 Å². The molecule has 0 fully saturated rings. The van der Waals surface area contributed by atoms with Gasteiger partial charge in [0.2, 0.25) is 0 Å². The van der Waals surface area contributed by atoms with Gasteiger partial charge in [-0.1, -0.05) is 176 Å². The number of aromatic nitrogens is 1. The molecule has 4 N–H and O–H groups in total. The van der Waals surface area contributed by atoms with Crippen LogP contribution in [0, 0.1) is 6.92 Å². The van der Waals surface area contributed by atoms with Crippen molar-refractivity contribution < 1.29 is 0 Å². The highest BCUT2D eigenvalue weighted by atomic mass is 15.1. The number of benzene rings is 9. The third-order valence-corrected chi connectivity index (χ3v) is 11.5. The van der Waals surface area contributed by atoms with Crippen LogP contribution in [0.3, 0.4) is 0 Å². The number of hydrogen-bond acceptors (Lipinski definition) is 4. The molecule has 0 bridgehead atoms. The van der Waals surface area contributed by atoms with Gasteiger partial charge in [-0.3, -0.25) is 4.98 Å². The predicted molar refractivity (Wildman–Crippen MR) is 267 cm³/mol. The van der Waals surface area contributed by atoms with Crippen molar-refractivity contribution in [3.05, 3.63) is 235 Å². The Bertz CT molecular complexity index is 3200. The van der Waals surface area contributed by atoms with Crippen molar-refractivity contribution in [2.75, 3.05) is 10.6 Å². The zero-order valence-corrected chi connectivity index (χ0v) is 35.0. The van der Waals surface area contributed by atoms with E-state index < -0.39 is 0 Å². The maximum Gasteiger partial charge on any atom is 0.0940 e. The molecule has 0 unspecified atom stereocenters. The fourth-order valence-electron chi connectivity index (χ4n) is 8.53. The molecule has 0 saturated carbocycles. The number of hydrogen-bond donors (Lipinski definition) is 2. The number of anilines is 4. The van der Waals surface area contributed by atoms with Crippen LogP contribution in [0.4, 0.5) is 22.7 Å². The lowest BCUT2D eigenvalue weighted by molar-refractivity contribution is 1.25. The first kappa shape index (κ1) is 39.5. The fourth-order valence-corrected chi connectivity index (χ4v) is 8.53. The second-order valence-corrected chi connectivity index (χ2v) is 15.5. The maximum atomic E-state index is 6.34. The van der Waals surface area contributed by atoms with Crippen LogP contribution in [-0.4, -0.2) is 4.98 Å². The maximum absolute atomic E-state index is 6.34. The van der Waals surface area contributed by atoms with Crippen molar-refractivity contribution in [2.24, 2.45) is 5.73 Å². The average Bonchev–Trinajstić information content (AvgIpc) is 3.32. The number of nitrogen functional groups attached to an aromatic ring is 1. The Balaban J connectivity index is 0.000000164. The summed E-state index contributed by atoms with van der Waals surface area (Å²) >= 11 is 0. The standard InChI is InChI=1S/C34H23N.C24H25N3/c1-4-10-24(11-5-1)29-20-16-25-18-22-31-32(23-19-26-17-21-30(29)33(25)34(26)31)35(27-12-6-2-7-13-27)28-14-8-3-9-15-28;1-3-6-22(16-25)21-10-5-8-18(15-21)7-4-9-19-13-14-20-12-11-17(2)27-24(20)23(19)26/h1-23H;3-6,8-16H,7,25-26H2,1-2H3/b;6-3-,9-4-,22-16+. The highest BCUT2D eigenvalue weighted by molar-refractivity contribution is 6.27. The zero-order chi connectivity index (χ0) is 42.4. The van der Waals surface area contributed by atoms with Crippen molar-refractivity contribution in [2.45, 2.75) is 20.3 Å². The fraction of sp³-hybridized carbons (Fsp3) is 0.0517. The minimum Gasteiger partial charge on any atom is -0.404 e. The van der Waals surface area contributed by atoms with Crippen LogP contribution in [-0.2, 0) is 6.42 Å². The minimum absolute atomic E-state index is 0.725. The summed E-state index contributed by atoms with van der Waals surface area (Å²) in [5.41, 5.74) is 25.0. The summed E-state index contributed by atoms with van der Waals surface area (Å²) < 4.78 is 0. The van der Waals surface area contributed by atoms with Crippen molar-refractivity contribution in [3.63, 3.8) is 0 Å². The van der Waals surface area contributed by atoms with E-state index in [1.54, 1.807) is 6.20 Å². The lowest BCUT2D eigenvalue weighted by Gasteiger charge is -2.27. The molecule has 4 heteroatoms. The van der Waals surface area contributed by atoms with E-state index in [9.17, 15) is 0 Å². The topological polar surface area (TPSA) is 68.2 Å². The van der Waals surface area contributed by atoms with Crippen LogP contribution in [0.15, 0.2) is 212 Å². The molecule has 0 saturated heterocycles. The van der Waals surface area contributed by atoms with Gasteiger partial charge in [-0.2, -0.15) is 0 Å². The number of allylic oxidation sites excluding steroid dienone is 4. The molecule has 62 heavy (non-hydrogen) atoms. The van der Waals surface area contributed by atoms with Gasteiger partial charge in [0, 0.05) is 34.0 Å². The summed E-state index contributed by atoms with van der Waals surface area (Å²) in [4.78, 5) is 6.94. The van der Waals surface area contributed by atoms with Gasteiger partial charge < -0.3 is 16.4 Å². The second-order valence-electron chi connectivity index (χ2n) is 15.5. The number of rotatable bonds is 9. The Morgan fingerprint density at radius 3 is 1.92 bits per heavy atom. The van der Waals surface area contributed by atoms with Crippen molar-refractivity contribution in [1.82, 2.24) is 4.98 Å². The average molecular weight is 801 g/mol. The number of aryl methyl sites for hydroxylation is 1. The molecule has 0 aliphatic rings. The Labute approximate surface area is 363 Å². The molecule has 0 aliphatic heterocycles. The number of nitrogens with zero attached hydrogens (tertiary/aromatic N) is 2. The molecule has 0 aliphatic carbocycles. The SMILES string of the molecule is C/C=C\C(=C/N)c1cccc(C/C=C\c2ccc3ccc(C)nc3c2N)c1.c1ccc(-c2ccc3ccc4c(N(c5ccccc5)c5ccccc5)ccc5ccc2c3c54)cc1. The molecule has 4 nitrogen and oxygen atoms in total. The van der Waals surface area contributed by atoms with Gasteiger partial charge in [0.15, 0.2) is 0 Å². The van der Waals surface area contributed by atoms with Crippen molar-refractivity contribution >= 4 is 77.6 Å². The molecule has 300 valence electrons. The quantitative estimate of drug-likeness (QED) is 0.0867. The first-order chi connectivity index (χ1) is 30.5.